The third kappa shape index (κ3) is 3.43. The van der Waals surface area contributed by atoms with Gasteiger partial charge in [-0.15, -0.1) is 0 Å². The van der Waals surface area contributed by atoms with E-state index in [1.165, 1.54) is 0 Å². The fourth-order valence-electron chi connectivity index (χ4n) is 1.58. The molecule has 0 spiro atoms. The Kier molecular flexibility index (Phi) is 4.09. The molecule has 94 valence electrons. The van der Waals surface area contributed by atoms with E-state index >= 15 is 0 Å². The second-order valence-corrected chi connectivity index (χ2v) is 4.01. The highest BCUT2D eigenvalue weighted by atomic mass is 16.3. The summed E-state index contributed by atoms with van der Waals surface area (Å²) in [5.41, 5.74) is 2.66. The van der Waals surface area contributed by atoms with E-state index in [0.717, 1.165) is 16.8 Å². The van der Waals surface area contributed by atoms with Gasteiger partial charge < -0.3 is 10.4 Å². The van der Waals surface area contributed by atoms with Crippen molar-refractivity contribution < 1.29 is 9.90 Å². The quantitative estimate of drug-likeness (QED) is 0.727. The van der Waals surface area contributed by atoms with E-state index in [2.05, 4.69) is 15.5 Å². The number of H-pyrrole nitrogens is 1. The van der Waals surface area contributed by atoms with Gasteiger partial charge in [0.05, 0.1) is 13.0 Å². The molecule has 0 aliphatic carbocycles. The van der Waals surface area contributed by atoms with E-state index in [4.69, 9.17) is 5.11 Å². The van der Waals surface area contributed by atoms with Crippen LogP contribution in [0.3, 0.4) is 0 Å². The number of aromatic amines is 1. The molecule has 5 heteroatoms. The molecule has 0 saturated heterocycles. The molecule has 1 aromatic carbocycles. The smallest absolute Gasteiger partial charge is 0.226 e. The molecule has 2 rings (SSSR count). The van der Waals surface area contributed by atoms with Gasteiger partial charge in [0.25, 0.3) is 0 Å². The van der Waals surface area contributed by atoms with Gasteiger partial charge in [0.1, 0.15) is 0 Å². The van der Waals surface area contributed by atoms with Crippen molar-refractivity contribution >= 4 is 5.91 Å². The second-order valence-electron chi connectivity index (χ2n) is 4.01. The number of hydrogen-bond acceptors (Lipinski definition) is 3. The van der Waals surface area contributed by atoms with Crippen molar-refractivity contribution in [3.05, 3.63) is 53.3 Å². The van der Waals surface area contributed by atoms with Crippen LogP contribution in [0.1, 0.15) is 16.8 Å². The van der Waals surface area contributed by atoms with Crippen molar-refractivity contribution in [2.45, 2.75) is 19.6 Å². The van der Waals surface area contributed by atoms with Crippen LogP contribution in [0.5, 0.6) is 0 Å². The summed E-state index contributed by atoms with van der Waals surface area (Å²) in [6.07, 6.45) is 1.92. The van der Waals surface area contributed by atoms with E-state index in [0.29, 0.717) is 13.0 Å². The minimum Gasteiger partial charge on any atom is -0.392 e. The molecular weight excluding hydrogens is 230 g/mol. The number of nitrogens with zero attached hydrogens (tertiary/aromatic N) is 1. The lowest BCUT2D eigenvalue weighted by molar-refractivity contribution is -0.120. The van der Waals surface area contributed by atoms with Crippen LogP contribution >= 0.6 is 0 Å². The third-order valence-electron chi connectivity index (χ3n) is 2.60. The molecule has 2 aromatic rings. The number of amides is 1. The summed E-state index contributed by atoms with van der Waals surface area (Å²) in [6.45, 7) is 0.519. The van der Waals surface area contributed by atoms with Crippen LogP contribution in [0.15, 0.2) is 36.5 Å². The summed E-state index contributed by atoms with van der Waals surface area (Å²) in [4.78, 5) is 11.6. The van der Waals surface area contributed by atoms with Gasteiger partial charge in [-0.1, -0.05) is 24.3 Å². The average Bonchev–Trinajstić information content (AvgIpc) is 2.90. The molecule has 0 fully saturated rings. The van der Waals surface area contributed by atoms with Crippen molar-refractivity contribution in [3.8, 4) is 0 Å². The Morgan fingerprint density at radius 2 is 1.94 bits per heavy atom. The van der Waals surface area contributed by atoms with Crippen LogP contribution in [-0.4, -0.2) is 21.2 Å². The molecule has 0 aliphatic rings. The third-order valence-corrected chi connectivity index (χ3v) is 2.60. The molecule has 18 heavy (non-hydrogen) atoms. The van der Waals surface area contributed by atoms with Gasteiger partial charge >= 0.3 is 0 Å². The number of nitrogens with one attached hydrogen (secondary N) is 2. The van der Waals surface area contributed by atoms with Crippen molar-refractivity contribution in [1.82, 2.24) is 15.5 Å². The molecule has 1 amide bonds. The monoisotopic (exact) mass is 245 g/mol. The topological polar surface area (TPSA) is 78.0 Å². The average molecular weight is 245 g/mol. The van der Waals surface area contributed by atoms with Crippen LogP contribution < -0.4 is 5.32 Å². The summed E-state index contributed by atoms with van der Waals surface area (Å²) in [7, 11) is 0. The molecule has 1 aromatic heterocycles. The summed E-state index contributed by atoms with van der Waals surface area (Å²) in [5, 5.41) is 18.3. The van der Waals surface area contributed by atoms with Crippen LogP contribution in [0.2, 0.25) is 0 Å². The maximum Gasteiger partial charge on any atom is 0.226 e. The highest BCUT2D eigenvalue weighted by Gasteiger charge is 2.04. The number of hydrogen-bond donors (Lipinski definition) is 3. The number of carbonyl (C=O) groups excluding carboxylic acids is 1. The van der Waals surface area contributed by atoms with E-state index in [-0.39, 0.29) is 12.5 Å². The lowest BCUT2D eigenvalue weighted by Crippen LogP contribution is -2.24. The number of carbonyl (C=O) groups is 1. The molecule has 3 N–H and O–H groups in total. The molecular formula is C13H15N3O2. The Morgan fingerprint density at radius 3 is 2.56 bits per heavy atom. The molecule has 5 nitrogen and oxygen atoms in total. The molecule has 0 radical (unpaired) electrons. The highest BCUT2D eigenvalue weighted by Crippen LogP contribution is 2.04. The lowest BCUT2D eigenvalue weighted by atomic mass is 10.1. The summed E-state index contributed by atoms with van der Waals surface area (Å²) in [5.74, 6) is -0.0505. The van der Waals surface area contributed by atoms with Crippen molar-refractivity contribution in [2.24, 2.45) is 0 Å². The Bertz CT molecular complexity index is 491. The molecule has 0 saturated carbocycles. The Hall–Kier alpha value is -2.14. The SMILES string of the molecule is O=C(Cc1ccn[nH]1)NCc1ccc(CO)cc1. The number of rotatable bonds is 5. The fraction of sp³-hybridized carbons (Fsp3) is 0.231. The number of aliphatic hydroxyl groups is 1. The minimum absolute atomic E-state index is 0.0342. The fourth-order valence-corrected chi connectivity index (χ4v) is 1.58. The van der Waals surface area contributed by atoms with Gasteiger partial charge in [-0.2, -0.15) is 5.10 Å². The van der Waals surface area contributed by atoms with Crippen molar-refractivity contribution in [1.29, 1.82) is 0 Å². The van der Waals surface area contributed by atoms with Gasteiger partial charge in [-0.3, -0.25) is 9.89 Å². The van der Waals surface area contributed by atoms with Crippen LogP contribution in [0.25, 0.3) is 0 Å². The predicted molar refractivity (Wildman–Crippen MR) is 66.5 cm³/mol. The van der Waals surface area contributed by atoms with Crippen LogP contribution in [-0.2, 0) is 24.4 Å². The summed E-state index contributed by atoms with van der Waals surface area (Å²) >= 11 is 0. The molecule has 0 aliphatic heterocycles. The zero-order valence-electron chi connectivity index (χ0n) is 9.89. The van der Waals surface area contributed by atoms with Gasteiger partial charge in [0.15, 0.2) is 0 Å². The summed E-state index contributed by atoms with van der Waals surface area (Å²) < 4.78 is 0. The maximum absolute atomic E-state index is 11.6. The Labute approximate surface area is 105 Å². The van der Waals surface area contributed by atoms with Crippen molar-refractivity contribution in [3.63, 3.8) is 0 Å². The zero-order valence-corrected chi connectivity index (χ0v) is 9.89. The first-order valence-electron chi connectivity index (χ1n) is 5.71. The minimum atomic E-state index is -0.0505. The number of benzene rings is 1. The van der Waals surface area contributed by atoms with Gasteiger partial charge in [-0.05, 0) is 17.2 Å². The van der Waals surface area contributed by atoms with E-state index in [9.17, 15) is 4.79 Å². The normalized spacial score (nSPS) is 10.3. The first kappa shape index (κ1) is 12.3. The zero-order chi connectivity index (χ0) is 12.8. The number of aliphatic hydroxyl groups excluding tert-OH is 1. The van der Waals surface area contributed by atoms with E-state index in [1.807, 2.05) is 24.3 Å². The summed E-state index contributed by atoms with van der Waals surface area (Å²) in [6, 6.07) is 9.24. The van der Waals surface area contributed by atoms with Crippen molar-refractivity contribution in [2.75, 3.05) is 0 Å². The predicted octanol–water partition coefficient (Wildman–Crippen LogP) is 0.761. The number of aromatic nitrogens is 2. The Morgan fingerprint density at radius 1 is 1.22 bits per heavy atom. The highest BCUT2D eigenvalue weighted by molar-refractivity contribution is 5.78. The first-order chi connectivity index (χ1) is 8.78. The molecule has 0 bridgehead atoms. The molecule has 1 heterocycles. The van der Waals surface area contributed by atoms with Gasteiger partial charge in [-0.25, -0.2) is 0 Å². The van der Waals surface area contributed by atoms with Gasteiger partial charge in [0, 0.05) is 18.4 Å². The lowest BCUT2D eigenvalue weighted by Gasteiger charge is -2.05. The maximum atomic E-state index is 11.6. The first-order valence-corrected chi connectivity index (χ1v) is 5.71. The largest absolute Gasteiger partial charge is 0.392 e. The van der Waals surface area contributed by atoms with E-state index < -0.39 is 0 Å². The molecule has 0 unspecified atom stereocenters. The van der Waals surface area contributed by atoms with Crippen LogP contribution in [0.4, 0.5) is 0 Å². The Balaban J connectivity index is 1.81. The molecule has 0 atom stereocenters. The van der Waals surface area contributed by atoms with E-state index in [1.54, 1.807) is 12.3 Å². The van der Waals surface area contributed by atoms with Gasteiger partial charge in [0.2, 0.25) is 5.91 Å². The standard InChI is InChI=1S/C13H15N3O2/c17-9-11-3-1-10(2-4-11)8-14-13(18)7-12-5-6-15-16-12/h1-6,17H,7-9H2,(H,14,18)(H,15,16). The van der Waals surface area contributed by atoms with Crippen LogP contribution in [0, 0.1) is 0 Å². The second kappa shape index (κ2) is 5.97.